The minimum absolute atomic E-state index is 0.00423. The molecule has 2 aromatic carbocycles. The van der Waals surface area contributed by atoms with E-state index in [0.29, 0.717) is 64.2 Å². The van der Waals surface area contributed by atoms with E-state index in [1.54, 1.807) is 17.8 Å². The molecule has 4 atom stereocenters. The summed E-state index contributed by atoms with van der Waals surface area (Å²) in [7, 11) is 4.61. The Morgan fingerprint density at radius 2 is 1.57 bits per heavy atom. The summed E-state index contributed by atoms with van der Waals surface area (Å²) in [6.45, 7) is 0.0611. The monoisotopic (exact) mass is 530 g/mol. The Labute approximate surface area is 218 Å². The number of fused-ring (bicyclic) bond motifs is 3. The number of rotatable bonds is 5. The van der Waals surface area contributed by atoms with Crippen molar-refractivity contribution in [2.45, 2.75) is 30.0 Å². The summed E-state index contributed by atoms with van der Waals surface area (Å²) in [6, 6.07) is 7.22. The number of carbonyl (C=O) groups is 1. The number of hydrogen-bond donors (Lipinski definition) is 2. The molecule has 0 aromatic heterocycles. The molecule has 0 radical (unpaired) electrons. The van der Waals surface area contributed by atoms with Gasteiger partial charge < -0.3 is 38.6 Å². The predicted octanol–water partition coefficient (Wildman–Crippen LogP) is 2.82. The van der Waals surface area contributed by atoms with E-state index in [-0.39, 0.29) is 13.4 Å². The Morgan fingerprint density at radius 3 is 2.19 bits per heavy atom. The molecule has 2 aromatic rings. The first-order chi connectivity index (χ1) is 17.9. The fourth-order valence-corrected chi connectivity index (χ4v) is 7.75. The van der Waals surface area contributed by atoms with Gasteiger partial charge in [0.1, 0.15) is 5.60 Å². The number of carbonyl (C=O) groups excluding carboxylic acids is 1. The van der Waals surface area contributed by atoms with Crippen LogP contribution in [-0.4, -0.2) is 68.0 Å². The van der Waals surface area contributed by atoms with E-state index >= 15 is 0 Å². The van der Waals surface area contributed by atoms with Crippen LogP contribution in [0.15, 0.2) is 24.3 Å². The first kappa shape index (κ1) is 24.5. The summed E-state index contributed by atoms with van der Waals surface area (Å²) in [5.74, 6) is 1.40. The van der Waals surface area contributed by atoms with Crippen molar-refractivity contribution in [3.8, 4) is 28.7 Å². The smallest absolute Gasteiger partial charge is 0.310 e. The van der Waals surface area contributed by atoms with Crippen LogP contribution in [0.3, 0.4) is 0 Å². The Bertz CT molecular complexity index is 1220. The maximum Gasteiger partial charge on any atom is 0.310 e. The summed E-state index contributed by atoms with van der Waals surface area (Å²) < 4.78 is 33.7. The number of esters is 1. The van der Waals surface area contributed by atoms with Crippen LogP contribution in [0.5, 0.6) is 28.7 Å². The lowest BCUT2D eigenvalue weighted by atomic mass is 9.55. The number of cyclic esters (lactones) is 1. The number of aliphatic hydroxyl groups is 2. The number of benzene rings is 2. The molecule has 0 unspecified atom stereocenters. The summed E-state index contributed by atoms with van der Waals surface area (Å²) >= 11 is 1.74. The molecule has 10 heteroatoms. The second-order valence-corrected chi connectivity index (χ2v) is 11.1. The van der Waals surface area contributed by atoms with Gasteiger partial charge in [-0.25, -0.2) is 0 Å². The average Bonchev–Trinajstić information content (AvgIpc) is 3.54. The Balaban J connectivity index is 1.63. The van der Waals surface area contributed by atoms with Crippen molar-refractivity contribution >= 4 is 17.7 Å². The molecule has 0 bridgehead atoms. The normalized spacial score (nSPS) is 29.2. The minimum atomic E-state index is -1.72. The molecule has 198 valence electrons. The van der Waals surface area contributed by atoms with Crippen molar-refractivity contribution in [1.82, 2.24) is 0 Å². The zero-order valence-electron chi connectivity index (χ0n) is 20.9. The third kappa shape index (κ3) is 3.42. The molecule has 37 heavy (non-hydrogen) atoms. The SMILES string of the molecule is COc1cc([C@@H]2c3cc4c(cc3[C@](O)(C3(O)CCSCC3)[C@H]3COC(=O)[C@@H]23)OCO4)cc(OC)c1OC. The van der Waals surface area contributed by atoms with Crippen molar-refractivity contribution < 1.29 is 43.4 Å². The van der Waals surface area contributed by atoms with Gasteiger partial charge in [0.25, 0.3) is 0 Å². The van der Waals surface area contributed by atoms with E-state index in [1.165, 1.54) is 21.3 Å². The third-order valence-electron chi connectivity index (χ3n) is 8.37. The molecule has 3 aliphatic heterocycles. The van der Waals surface area contributed by atoms with Crippen LogP contribution < -0.4 is 23.7 Å². The number of thioether (sulfide) groups is 1. The first-order valence-electron chi connectivity index (χ1n) is 12.3. The molecule has 9 nitrogen and oxygen atoms in total. The topological polar surface area (TPSA) is 113 Å². The molecular formula is C27H30O9S. The molecule has 3 heterocycles. The van der Waals surface area contributed by atoms with Crippen molar-refractivity contribution in [1.29, 1.82) is 0 Å². The van der Waals surface area contributed by atoms with E-state index in [0.717, 1.165) is 5.56 Å². The van der Waals surface area contributed by atoms with E-state index in [1.807, 2.05) is 18.2 Å². The van der Waals surface area contributed by atoms with Gasteiger partial charge in [-0.1, -0.05) is 0 Å². The highest BCUT2D eigenvalue weighted by Gasteiger charge is 2.66. The van der Waals surface area contributed by atoms with Crippen molar-refractivity contribution in [2.75, 3.05) is 46.2 Å². The van der Waals surface area contributed by atoms with Gasteiger partial charge in [-0.05, 0) is 65.3 Å². The Hall–Kier alpha value is -2.82. The largest absolute Gasteiger partial charge is 0.493 e. The third-order valence-corrected chi connectivity index (χ3v) is 9.36. The Morgan fingerprint density at radius 1 is 0.919 bits per heavy atom. The van der Waals surface area contributed by atoms with Crippen LogP contribution in [0, 0.1) is 11.8 Å². The van der Waals surface area contributed by atoms with E-state index in [4.69, 9.17) is 28.4 Å². The van der Waals surface area contributed by atoms with Crippen molar-refractivity contribution in [3.63, 3.8) is 0 Å². The van der Waals surface area contributed by atoms with Crippen LogP contribution in [0.1, 0.15) is 35.4 Å². The molecule has 4 aliphatic rings. The lowest BCUT2D eigenvalue weighted by Gasteiger charge is -2.54. The van der Waals surface area contributed by atoms with Gasteiger partial charge in [-0.3, -0.25) is 4.79 Å². The van der Waals surface area contributed by atoms with Crippen LogP contribution in [0.4, 0.5) is 0 Å². The molecule has 6 rings (SSSR count). The van der Waals surface area contributed by atoms with Crippen LogP contribution in [-0.2, 0) is 15.1 Å². The highest BCUT2D eigenvalue weighted by Crippen LogP contribution is 2.61. The molecule has 1 aliphatic carbocycles. The second kappa shape index (κ2) is 8.89. The highest BCUT2D eigenvalue weighted by atomic mass is 32.2. The molecular weight excluding hydrogens is 500 g/mol. The van der Waals surface area contributed by atoms with E-state index < -0.39 is 34.9 Å². The molecule has 2 N–H and O–H groups in total. The predicted molar refractivity (Wildman–Crippen MR) is 134 cm³/mol. The fraction of sp³-hybridized carbons (Fsp3) is 0.519. The van der Waals surface area contributed by atoms with Crippen molar-refractivity contribution in [3.05, 3.63) is 41.0 Å². The van der Waals surface area contributed by atoms with E-state index in [2.05, 4.69) is 0 Å². The maximum absolute atomic E-state index is 13.4. The standard InChI is InChI=1S/C27H30O9S/c1-31-20-8-14(9-21(32-2)24(20)33-3)22-15-10-18-19(36-13-35-18)11-16(15)27(30,17-12-34-25(28)23(17)22)26(29)4-6-37-7-5-26/h8-11,17,22-23,29-30H,4-7,12-13H2,1-3H3/t17-,22+,23+,27+/m0/s1. The zero-order chi connectivity index (χ0) is 25.9. The van der Waals surface area contributed by atoms with Gasteiger partial charge in [-0.2, -0.15) is 11.8 Å². The quantitative estimate of drug-likeness (QED) is 0.560. The van der Waals surface area contributed by atoms with Gasteiger partial charge in [0.05, 0.1) is 39.5 Å². The summed E-state index contributed by atoms with van der Waals surface area (Å²) in [5, 5.41) is 24.6. The number of ether oxygens (including phenoxy) is 6. The van der Waals surface area contributed by atoms with E-state index in [9.17, 15) is 15.0 Å². The van der Waals surface area contributed by atoms with Gasteiger partial charge in [-0.15, -0.1) is 0 Å². The molecule has 2 saturated heterocycles. The van der Waals surface area contributed by atoms with Crippen molar-refractivity contribution in [2.24, 2.45) is 11.8 Å². The average molecular weight is 531 g/mol. The highest BCUT2D eigenvalue weighted by molar-refractivity contribution is 7.99. The number of methoxy groups -OCH3 is 3. The number of hydrogen-bond acceptors (Lipinski definition) is 10. The lowest BCUT2D eigenvalue weighted by Crippen LogP contribution is -2.62. The first-order valence-corrected chi connectivity index (χ1v) is 13.4. The molecule has 2 fully saturated rings. The maximum atomic E-state index is 13.4. The van der Waals surface area contributed by atoms with Gasteiger partial charge in [0.2, 0.25) is 12.5 Å². The summed E-state index contributed by atoms with van der Waals surface area (Å²) in [4.78, 5) is 13.4. The van der Waals surface area contributed by atoms with Crippen LogP contribution in [0.25, 0.3) is 0 Å². The molecule has 0 saturated carbocycles. The summed E-state index contributed by atoms with van der Waals surface area (Å²) in [6.07, 6.45) is 0.794. The minimum Gasteiger partial charge on any atom is -0.493 e. The fourth-order valence-electron chi connectivity index (χ4n) is 6.58. The lowest BCUT2D eigenvalue weighted by molar-refractivity contribution is -0.204. The van der Waals surface area contributed by atoms with Gasteiger partial charge in [0, 0.05) is 11.8 Å². The van der Waals surface area contributed by atoms with Gasteiger partial charge in [0.15, 0.2) is 23.0 Å². The van der Waals surface area contributed by atoms with Crippen LogP contribution in [0.2, 0.25) is 0 Å². The molecule has 0 spiro atoms. The van der Waals surface area contributed by atoms with Gasteiger partial charge >= 0.3 is 5.97 Å². The zero-order valence-corrected chi connectivity index (χ0v) is 21.8. The molecule has 0 amide bonds. The van der Waals surface area contributed by atoms with Crippen LogP contribution >= 0.6 is 11.8 Å². The Kier molecular flexibility index (Phi) is 5.89. The summed E-state index contributed by atoms with van der Waals surface area (Å²) in [5.41, 5.74) is -1.22. The second-order valence-electron chi connectivity index (χ2n) is 9.90.